The number of sulfonamides is 1. The first-order chi connectivity index (χ1) is 14.2. The van der Waals surface area contributed by atoms with Gasteiger partial charge in [0.25, 0.3) is 10.0 Å². The average Bonchev–Trinajstić information content (AvgIpc) is 3.26. The summed E-state index contributed by atoms with van der Waals surface area (Å²) in [6, 6.07) is 4.52. The highest BCUT2D eigenvalue weighted by atomic mass is 32.2. The lowest BCUT2D eigenvalue weighted by Gasteiger charge is -2.19. The number of aromatic nitrogens is 1. The fraction of sp³-hybridized carbons (Fsp3) is 0.0556. The van der Waals surface area contributed by atoms with E-state index in [-0.39, 0.29) is 10.6 Å². The van der Waals surface area contributed by atoms with Crippen LogP contribution in [0.5, 0.6) is 5.75 Å². The Kier molecular flexibility index (Phi) is 5.89. The first-order valence-corrected chi connectivity index (χ1v) is 9.75. The molecular weight excluding hydrogens is 420 g/mol. The molecule has 2 heterocycles. The molecule has 158 valence electrons. The number of nitrogens with two attached hydrogens (primary N) is 2. The molecule has 0 aliphatic heterocycles. The van der Waals surface area contributed by atoms with E-state index in [0.29, 0.717) is 16.3 Å². The van der Waals surface area contributed by atoms with Crippen LogP contribution in [0.1, 0.15) is 5.56 Å². The Hall–Kier alpha value is -3.64. The van der Waals surface area contributed by atoms with Crippen LogP contribution < -0.4 is 26.0 Å². The fourth-order valence-corrected chi connectivity index (χ4v) is 3.42. The minimum Gasteiger partial charge on any atom is -0.495 e. The summed E-state index contributed by atoms with van der Waals surface area (Å²) < 4.78 is 65.5. The van der Waals surface area contributed by atoms with Crippen molar-refractivity contribution in [3.8, 4) is 5.75 Å². The average molecular weight is 437 g/mol. The van der Waals surface area contributed by atoms with Gasteiger partial charge in [0.15, 0.2) is 11.6 Å². The summed E-state index contributed by atoms with van der Waals surface area (Å²) in [5.74, 6) is 3.93. The molecule has 0 saturated carbocycles. The Morgan fingerprint density at radius 1 is 1.30 bits per heavy atom. The summed E-state index contributed by atoms with van der Waals surface area (Å²) in [5.41, 5.74) is 5.13. The van der Waals surface area contributed by atoms with E-state index < -0.39 is 33.0 Å². The largest absolute Gasteiger partial charge is 0.495 e. The molecule has 3 aromatic rings. The second-order valence-corrected chi connectivity index (χ2v) is 7.61. The maximum atomic E-state index is 14.9. The van der Waals surface area contributed by atoms with Gasteiger partial charge in [-0.25, -0.2) is 23.0 Å². The molecule has 2 aromatic heterocycles. The maximum Gasteiger partial charge on any atom is 0.265 e. The van der Waals surface area contributed by atoms with E-state index in [0.717, 1.165) is 30.9 Å². The van der Waals surface area contributed by atoms with Crippen molar-refractivity contribution in [2.24, 2.45) is 11.6 Å². The summed E-state index contributed by atoms with van der Waals surface area (Å²) in [5, 5.41) is 0.606. The monoisotopic (exact) mass is 437 g/mol. The van der Waals surface area contributed by atoms with E-state index in [4.69, 9.17) is 20.7 Å². The van der Waals surface area contributed by atoms with Crippen molar-refractivity contribution in [1.29, 1.82) is 0 Å². The van der Waals surface area contributed by atoms with Crippen molar-refractivity contribution in [2.45, 2.75) is 4.90 Å². The van der Waals surface area contributed by atoms with Crippen molar-refractivity contribution >= 4 is 27.1 Å². The van der Waals surface area contributed by atoms with E-state index >= 15 is 0 Å². The molecule has 0 amide bonds. The molecule has 0 bridgehead atoms. The molecule has 0 saturated heterocycles. The molecule has 12 heteroatoms. The van der Waals surface area contributed by atoms with Gasteiger partial charge in [0.05, 0.1) is 31.0 Å². The molecule has 9 nitrogen and oxygen atoms in total. The quantitative estimate of drug-likeness (QED) is 0.379. The molecule has 0 unspecified atom stereocenters. The lowest BCUT2D eigenvalue weighted by atomic mass is 10.2. The van der Waals surface area contributed by atoms with Gasteiger partial charge < -0.3 is 14.9 Å². The lowest BCUT2D eigenvalue weighted by molar-refractivity contribution is 0.412. The number of hydrogen-bond donors (Lipinski definition) is 3. The zero-order valence-electron chi connectivity index (χ0n) is 15.5. The number of benzene rings is 1. The third kappa shape index (κ3) is 4.34. The number of hydrazine groups is 1. The molecule has 0 aliphatic rings. The summed E-state index contributed by atoms with van der Waals surface area (Å²) in [4.78, 5) is 3.70. The van der Waals surface area contributed by atoms with Crippen LogP contribution in [-0.2, 0) is 10.0 Å². The maximum absolute atomic E-state index is 14.9. The van der Waals surface area contributed by atoms with Gasteiger partial charge in [-0.2, -0.15) is 0 Å². The SMILES string of the molecule is COc1cncc(/C(N)=C/N(N)c2c(F)ccc(NS(=O)(=O)c3ccoc3)c2F)c1. The van der Waals surface area contributed by atoms with Crippen LogP contribution in [-0.4, -0.2) is 20.5 Å². The van der Waals surface area contributed by atoms with Crippen molar-refractivity contribution in [1.82, 2.24) is 4.98 Å². The highest BCUT2D eigenvalue weighted by Crippen LogP contribution is 2.30. The molecule has 0 fully saturated rings. The molecular formula is C18H17F2N5O4S. The zero-order chi connectivity index (χ0) is 21.9. The number of ether oxygens (including phenoxy) is 1. The predicted octanol–water partition coefficient (Wildman–Crippen LogP) is 2.40. The van der Waals surface area contributed by atoms with Crippen molar-refractivity contribution < 1.29 is 26.4 Å². The highest BCUT2D eigenvalue weighted by molar-refractivity contribution is 7.92. The minimum absolute atomic E-state index is 0.0343. The van der Waals surface area contributed by atoms with E-state index in [2.05, 4.69) is 4.98 Å². The normalized spacial score (nSPS) is 11.9. The second-order valence-electron chi connectivity index (χ2n) is 5.93. The van der Waals surface area contributed by atoms with Crippen LogP contribution in [0.3, 0.4) is 0 Å². The van der Waals surface area contributed by atoms with Crippen molar-refractivity contribution in [3.05, 3.63) is 72.6 Å². The number of rotatable bonds is 7. The van der Waals surface area contributed by atoms with Gasteiger partial charge in [0.1, 0.15) is 22.6 Å². The third-order valence-corrected chi connectivity index (χ3v) is 5.28. The summed E-state index contributed by atoms with van der Waals surface area (Å²) >= 11 is 0. The van der Waals surface area contributed by atoms with E-state index in [1.165, 1.54) is 25.6 Å². The summed E-state index contributed by atoms with van der Waals surface area (Å²) in [7, 11) is -2.71. The van der Waals surface area contributed by atoms with Crippen LogP contribution in [0.2, 0.25) is 0 Å². The summed E-state index contributed by atoms with van der Waals surface area (Å²) in [6.07, 6.45) is 6.03. The Labute approximate surface area is 170 Å². The second kappa shape index (κ2) is 8.39. The topological polar surface area (TPSA) is 137 Å². The number of pyridine rings is 1. The Morgan fingerprint density at radius 3 is 2.73 bits per heavy atom. The number of furan rings is 1. The number of anilines is 2. The summed E-state index contributed by atoms with van der Waals surface area (Å²) in [6.45, 7) is 0. The standard InChI is InChI=1S/C18H17F2N5O4S/c1-28-12-6-11(7-23-8-12)15(21)9-25(22)18-14(19)2-3-16(17(18)20)24-30(26,27)13-4-5-29-10-13/h2-10,24H,21-22H2,1H3/b15-9-. The van der Waals surface area contributed by atoms with Gasteiger partial charge >= 0.3 is 0 Å². The van der Waals surface area contributed by atoms with Gasteiger partial charge in [0, 0.05) is 18.0 Å². The molecule has 0 aliphatic carbocycles. The molecule has 0 atom stereocenters. The van der Waals surface area contributed by atoms with Crippen LogP contribution in [0.15, 0.2) is 64.7 Å². The van der Waals surface area contributed by atoms with Gasteiger partial charge in [-0.1, -0.05) is 0 Å². The third-order valence-electron chi connectivity index (χ3n) is 3.94. The minimum atomic E-state index is -4.15. The number of hydrogen-bond acceptors (Lipinski definition) is 8. The number of methoxy groups -OCH3 is 1. The predicted molar refractivity (Wildman–Crippen MR) is 105 cm³/mol. The number of nitrogens with one attached hydrogen (secondary N) is 1. The van der Waals surface area contributed by atoms with Gasteiger partial charge in [0.2, 0.25) is 0 Å². The fourth-order valence-electron chi connectivity index (χ4n) is 2.44. The van der Waals surface area contributed by atoms with E-state index in [1.807, 2.05) is 4.72 Å². The Morgan fingerprint density at radius 2 is 2.07 bits per heavy atom. The van der Waals surface area contributed by atoms with Crippen LogP contribution in [0.25, 0.3) is 5.70 Å². The first kappa shape index (κ1) is 21.1. The molecule has 0 radical (unpaired) electrons. The molecule has 1 aromatic carbocycles. The van der Waals surface area contributed by atoms with Crippen LogP contribution >= 0.6 is 0 Å². The first-order valence-electron chi connectivity index (χ1n) is 8.26. The van der Waals surface area contributed by atoms with E-state index in [9.17, 15) is 17.2 Å². The molecule has 0 spiro atoms. The van der Waals surface area contributed by atoms with Crippen molar-refractivity contribution in [3.63, 3.8) is 0 Å². The molecule has 5 N–H and O–H groups in total. The smallest absolute Gasteiger partial charge is 0.265 e. The lowest BCUT2D eigenvalue weighted by Crippen LogP contribution is -2.28. The van der Waals surface area contributed by atoms with Gasteiger partial charge in [-0.3, -0.25) is 14.7 Å². The zero-order valence-corrected chi connectivity index (χ0v) is 16.4. The van der Waals surface area contributed by atoms with Crippen molar-refractivity contribution in [2.75, 3.05) is 16.8 Å². The van der Waals surface area contributed by atoms with E-state index in [1.54, 1.807) is 6.07 Å². The van der Waals surface area contributed by atoms with Crippen LogP contribution in [0.4, 0.5) is 20.2 Å². The number of nitrogens with zero attached hydrogens (tertiary/aromatic N) is 2. The highest BCUT2D eigenvalue weighted by Gasteiger charge is 2.22. The van der Waals surface area contributed by atoms with Gasteiger partial charge in [-0.05, 0) is 24.3 Å². The Bertz CT molecular complexity index is 1180. The Balaban J connectivity index is 1.94. The van der Waals surface area contributed by atoms with Gasteiger partial charge in [-0.15, -0.1) is 0 Å². The molecule has 30 heavy (non-hydrogen) atoms. The molecule has 3 rings (SSSR count). The van der Waals surface area contributed by atoms with Crippen LogP contribution in [0, 0.1) is 11.6 Å². The number of halogens is 2.